The highest BCUT2D eigenvalue weighted by Crippen LogP contribution is 2.38. The quantitative estimate of drug-likeness (QED) is 0.929. The Morgan fingerprint density at radius 1 is 1.33 bits per heavy atom. The van der Waals surface area contributed by atoms with Crippen molar-refractivity contribution >= 4 is 17.2 Å². The molecule has 4 nitrogen and oxygen atoms in total. The molecule has 3 saturated heterocycles. The topological polar surface area (TPSA) is 45.2 Å². The summed E-state index contributed by atoms with van der Waals surface area (Å²) in [6.07, 6.45) is 7.40. The van der Waals surface area contributed by atoms with Gasteiger partial charge in [-0.05, 0) is 61.8 Å². The lowest BCUT2D eigenvalue weighted by Gasteiger charge is -2.51. The van der Waals surface area contributed by atoms with Crippen molar-refractivity contribution in [1.29, 1.82) is 0 Å². The molecule has 0 saturated carbocycles. The van der Waals surface area contributed by atoms with Crippen LogP contribution in [0.25, 0.3) is 0 Å². The van der Waals surface area contributed by atoms with Crippen LogP contribution in [0.2, 0.25) is 0 Å². The number of amides is 1. The van der Waals surface area contributed by atoms with E-state index >= 15 is 0 Å². The second kappa shape index (κ2) is 6.65. The van der Waals surface area contributed by atoms with Crippen molar-refractivity contribution in [2.75, 3.05) is 13.1 Å². The van der Waals surface area contributed by atoms with Crippen LogP contribution >= 0.6 is 11.3 Å². The molecule has 2 aromatic rings. The zero-order valence-corrected chi connectivity index (χ0v) is 14.8. The average Bonchev–Trinajstić information content (AvgIpc) is 3.05. The molecule has 24 heavy (non-hydrogen) atoms. The van der Waals surface area contributed by atoms with Crippen molar-refractivity contribution in [3.05, 3.63) is 52.0 Å². The van der Waals surface area contributed by atoms with E-state index in [0.29, 0.717) is 11.8 Å². The summed E-state index contributed by atoms with van der Waals surface area (Å²) in [5, 5.41) is 3.33. The lowest BCUT2D eigenvalue weighted by molar-refractivity contribution is -0.0233. The first kappa shape index (κ1) is 15.8. The summed E-state index contributed by atoms with van der Waals surface area (Å²) in [4.78, 5) is 21.4. The number of nitrogens with one attached hydrogen (secondary N) is 1. The fourth-order valence-corrected chi connectivity index (χ4v) is 4.95. The molecular weight excluding hydrogens is 318 g/mol. The molecular formula is C19H23N3OS. The molecule has 2 bridgehead atoms. The van der Waals surface area contributed by atoms with E-state index in [9.17, 15) is 4.79 Å². The van der Waals surface area contributed by atoms with Crippen molar-refractivity contribution < 1.29 is 4.79 Å². The number of piperidine rings is 3. The molecule has 0 spiro atoms. The van der Waals surface area contributed by atoms with Crippen molar-refractivity contribution in [3.8, 4) is 0 Å². The number of thiophene rings is 1. The molecule has 3 aliphatic heterocycles. The third kappa shape index (κ3) is 3.10. The van der Waals surface area contributed by atoms with E-state index < -0.39 is 0 Å². The molecule has 3 fully saturated rings. The number of carbonyl (C=O) groups is 1. The first-order valence-corrected chi connectivity index (χ1v) is 9.52. The monoisotopic (exact) mass is 341 g/mol. The molecule has 5 rings (SSSR count). The van der Waals surface area contributed by atoms with Crippen molar-refractivity contribution in [2.45, 2.75) is 32.4 Å². The van der Waals surface area contributed by atoms with Crippen LogP contribution in [0.1, 0.15) is 33.0 Å². The highest BCUT2D eigenvalue weighted by Gasteiger charge is 2.42. The summed E-state index contributed by atoms with van der Waals surface area (Å²) in [6, 6.07) is 8.09. The van der Waals surface area contributed by atoms with E-state index in [4.69, 9.17) is 0 Å². The van der Waals surface area contributed by atoms with Crippen molar-refractivity contribution in [2.24, 2.45) is 11.8 Å². The van der Waals surface area contributed by atoms with Crippen LogP contribution in [0, 0.1) is 18.8 Å². The summed E-state index contributed by atoms with van der Waals surface area (Å²) in [6.45, 7) is 4.24. The van der Waals surface area contributed by atoms with E-state index in [1.165, 1.54) is 23.3 Å². The van der Waals surface area contributed by atoms with Gasteiger partial charge in [-0.25, -0.2) is 0 Å². The van der Waals surface area contributed by atoms with Gasteiger partial charge in [-0.3, -0.25) is 14.7 Å². The van der Waals surface area contributed by atoms with Crippen LogP contribution in [-0.4, -0.2) is 35.0 Å². The normalized spacial score (nSPS) is 28.7. The number of aryl methyl sites for hydroxylation is 1. The summed E-state index contributed by atoms with van der Waals surface area (Å²) >= 11 is 1.57. The predicted octanol–water partition coefficient (Wildman–Crippen LogP) is 3.09. The van der Waals surface area contributed by atoms with Gasteiger partial charge < -0.3 is 5.32 Å². The van der Waals surface area contributed by atoms with Gasteiger partial charge in [-0.15, -0.1) is 11.3 Å². The Hall–Kier alpha value is -1.72. The Labute approximate surface area is 146 Å². The standard InChI is InChI=1S/C19H23N3OS/c1-13-4-5-17(24-13)19(23)21-18-16(11-14-3-2-8-20-12-14)15-6-9-22(18)10-7-15/h2-5,8,12,15-16,18H,6-7,9-11H2,1H3,(H,21,23)/t16-,18-/m1/s1. The molecule has 0 aromatic carbocycles. The number of carbonyl (C=O) groups excluding carboxylic acids is 1. The molecule has 0 aliphatic carbocycles. The zero-order valence-electron chi connectivity index (χ0n) is 13.9. The minimum atomic E-state index is 0.0711. The van der Waals surface area contributed by atoms with Gasteiger partial charge in [0.1, 0.15) is 0 Å². The lowest BCUT2D eigenvalue weighted by atomic mass is 9.74. The fraction of sp³-hybridized carbons (Fsp3) is 0.474. The van der Waals surface area contributed by atoms with Gasteiger partial charge in [-0.2, -0.15) is 0 Å². The number of pyridine rings is 1. The minimum absolute atomic E-state index is 0.0711. The van der Waals surface area contributed by atoms with Crippen LogP contribution in [0.5, 0.6) is 0 Å². The van der Waals surface area contributed by atoms with Gasteiger partial charge in [0, 0.05) is 30.4 Å². The second-order valence-electron chi connectivity index (χ2n) is 6.93. The molecule has 1 N–H and O–H groups in total. The van der Waals surface area contributed by atoms with Crippen LogP contribution in [-0.2, 0) is 6.42 Å². The summed E-state index contributed by atoms with van der Waals surface area (Å²) in [5.41, 5.74) is 1.27. The molecule has 1 amide bonds. The average molecular weight is 341 g/mol. The predicted molar refractivity (Wildman–Crippen MR) is 96.0 cm³/mol. The fourth-order valence-electron chi connectivity index (χ4n) is 4.18. The smallest absolute Gasteiger partial charge is 0.262 e. The van der Waals surface area contributed by atoms with Crippen molar-refractivity contribution in [3.63, 3.8) is 0 Å². The number of hydrogen-bond acceptors (Lipinski definition) is 4. The lowest BCUT2D eigenvalue weighted by Crippen LogP contribution is -2.62. The highest BCUT2D eigenvalue weighted by atomic mass is 32.1. The van der Waals surface area contributed by atoms with Crippen LogP contribution in [0.15, 0.2) is 36.7 Å². The summed E-state index contributed by atoms with van der Waals surface area (Å²) in [5.74, 6) is 1.24. The maximum atomic E-state index is 12.7. The van der Waals surface area contributed by atoms with Gasteiger partial charge in [0.05, 0.1) is 11.0 Å². The van der Waals surface area contributed by atoms with Gasteiger partial charge in [0.25, 0.3) is 5.91 Å². The Morgan fingerprint density at radius 3 is 2.83 bits per heavy atom. The molecule has 5 heterocycles. The third-order valence-corrected chi connectivity index (χ3v) is 6.42. The first-order chi connectivity index (χ1) is 11.7. The third-order valence-electron chi connectivity index (χ3n) is 5.42. The first-order valence-electron chi connectivity index (χ1n) is 8.71. The van der Waals surface area contributed by atoms with E-state index in [2.05, 4.69) is 21.3 Å². The maximum absolute atomic E-state index is 12.7. The van der Waals surface area contributed by atoms with Gasteiger partial charge in [0.2, 0.25) is 0 Å². The zero-order chi connectivity index (χ0) is 16.5. The van der Waals surface area contributed by atoms with Gasteiger partial charge in [0.15, 0.2) is 0 Å². The van der Waals surface area contributed by atoms with E-state index in [-0.39, 0.29) is 12.1 Å². The molecule has 0 radical (unpaired) electrons. The number of fused-ring (bicyclic) bond motifs is 3. The highest BCUT2D eigenvalue weighted by molar-refractivity contribution is 7.13. The minimum Gasteiger partial charge on any atom is -0.335 e. The maximum Gasteiger partial charge on any atom is 0.262 e. The number of nitrogens with zero attached hydrogens (tertiary/aromatic N) is 2. The van der Waals surface area contributed by atoms with E-state index in [1.807, 2.05) is 37.5 Å². The van der Waals surface area contributed by atoms with Crippen LogP contribution in [0.4, 0.5) is 0 Å². The number of aromatic nitrogens is 1. The van der Waals surface area contributed by atoms with Crippen molar-refractivity contribution in [1.82, 2.24) is 15.2 Å². The number of rotatable bonds is 4. The molecule has 2 aromatic heterocycles. The Balaban J connectivity index is 1.53. The SMILES string of the molecule is Cc1ccc(C(=O)N[C@H]2[C@H](Cc3cccnc3)C3CCN2CC3)s1. The summed E-state index contributed by atoms with van der Waals surface area (Å²) < 4.78 is 0. The number of hydrogen-bond donors (Lipinski definition) is 1. The summed E-state index contributed by atoms with van der Waals surface area (Å²) in [7, 11) is 0. The van der Waals surface area contributed by atoms with E-state index in [0.717, 1.165) is 24.4 Å². The van der Waals surface area contributed by atoms with Gasteiger partial charge in [-0.1, -0.05) is 6.07 Å². The Bertz CT molecular complexity index is 706. The Kier molecular flexibility index (Phi) is 4.37. The molecule has 3 aliphatic rings. The molecule has 0 unspecified atom stereocenters. The van der Waals surface area contributed by atoms with Crippen LogP contribution < -0.4 is 5.32 Å². The van der Waals surface area contributed by atoms with E-state index in [1.54, 1.807) is 11.3 Å². The van der Waals surface area contributed by atoms with Crippen LogP contribution in [0.3, 0.4) is 0 Å². The Morgan fingerprint density at radius 2 is 2.17 bits per heavy atom. The molecule has 5 heteroatoms. The van der Waals surface area contributed by atoms with Gasteiger partial charge >= 0.3 is 0 Å². The largest absolute Gasteiger partial charge is 0.335 e. The second-order valence-corrected chi connectivity index (χ2v) is 8.22. The molecule has 126 valence electrons. The molecule has 2 atom stereocenters.